The highest BCUT2D eigenvalue weighted by Crippen LogP contribution is 2.24. The number of carboxylic acids is 1. The number of aryl methyl sites for hydroxylation is 1. The van der Waals surface area contributed by atoms with E-state index in [1.165, 1.54) is 36.6 Å². The molecule has 0 radical (unpaired) electrons. The van der Waals surface area contributed by atoms with Crippen molar-refractivity contribution in [1.29, 1.82) is 0 Å². The second kappa shape index (κ2) is 6.80. The summed E-state index contributed by atoms with van der Waals surface area (Å²) >= 11 is 1.50. The normalized spacial score (nSPS) is 11.1. The topological polar surface area (TPSA) is 92.7 Å². The fourth-order valence-corrected chi connectivity index (χ4v) is 3.77. The van der Waals surface area contributed by atoms with Gasteiger partial charge in [-0.05, 0) is 30.0 Å². The van der Waals surface area contributed by atoms with Crippen LogP contribution in [-0.4, -0.2) is 32.4 Å². The number of carboxylic acid groups (broad SMARTS) is 1. The van der Waals surface area contributed by atoms with Crippen molar-refractivity contribution < 1.29 is 23.1 Å². The van der Waals surface area contributed by atoms with Crippen molar-refractivity contribution in [2.45, 2.75) is 6.42 Å². The van der Waals surface area contributed by atoms with Gasteiger partial charge in [-0.3, -0.25) is 4.72 Å². The summed E-state index contributed by atoms with van der Waals surface area (Å²) in [6.45, 7) is 0. The number of methoxy groups -OCH3 is 1. The number of sulfonamides is 1. The number of aromatic carboxylic acids is 1. The molecule has 0 amide bonds. The first-order valence-electron chi connectivity index (χ1n) is 6.35. The van der Waals surface area contributed by atoms with Gasteiger partial charge < -0.3 is 9.84 Å². The molecule has 1 aromatic heterocycles. The maximum absolute atomic E-state index is 12.0. The first-order chi connectivity index (χ1) is 10.4. The summed E-state index contributed by atoms with van der Waals surface area (Å²) in [6, 6.07) is 7.81. The van der Waals surface area contributed by atoms with E-state index in [9.17, 15) is 13.2 Å². The van der Waals surface area contributed by atoms with Gasteiger partial charge in [0.2, 0.25) is 10.0 Å². The van der Waals surface area contributed by atoms with Crippen LogP contribution in [0.2, 0.25) is 0 Å². The monoisotopic (exact) mass is 341 g/mol. The maximum Gasteiger partial charge on any atom is 0.339 e. The van der Waals surface area contributed by atoms with Crippen LogP contribution in [0.1, 0.15) is 15.2 Å². The van der Waals surface area contributed by atoms with Gasteiger partial charge in [-0.25, -0.2) is 13.2 Å². The van der Waals surface area contributed by atoms with Crippen LogP contribution < -0.4 is 9.46 Å². The lowest BCUT2D eigenvalue weighted by Gasteiger charge is -2.10. The molecule has 0 fully saturated rings. The Morgan fingerprint density at radius 2 is 2.14 bits per heavy atom. The standard InChI is InChI=1S/C14H15NO5S2/c1-20-13-9-10(4-5-12(13)14(16)17)15-22(18,19)8-6-11-3-2-7-21-11/h2-5,7,9,15H,6,8H2,1H3,(H,16,17). The number of benzene rings is 1. The highest BCUT2D eigenvalue weighted by Gasteiger charge is 2.15. The first kappa shape index (κ1) is 16.3. The van der Waals surface area contributed by atoms with Crippen LogP contribution >= 0.6 is 11.3 Å². The first-order valence-corrected chi connectivity index (χ1v) is 8.88. The van der Waals surface area contributed by atoms with Crippen LogP contribution in [0.3, 0.4) is 0 Å². The Morgan fingerprint density at radius 3 is 2.73 bits per heavy atom. The second-order valence-corrected chi connectivity index (χ2v) is 7.34. The van der Waals surface area contributed by atoms with Gasteiger partial charge in [0.15, 0.2) is 0 Å². The van der Waals surface area contributed by atoms with Crippen molar-refractivity contribution in [3.05, 3.63) is 46.2 Å². The SMILES string of the molecule is COc1cc(NS(=O)(=O)CCc2cccs2)ccc1C(=O)O. The van der Waals surface area contributed by atoms with Gasteiger partial charge >= 0.3 is 5.97 Å². The fourth-order valence-electron chi connectivity index (χ4n) is 1.85. The number of carbonyl (C=O) groups is 1. The molecular formula is C14H15NO5S2. The molecule has 0 aliphatic rings. The summed E-state index contributed by atoms with van der Waals surface area (Å²) < 4.78 is 31.5. The van der Waals surface area contributed by atoms with E-state index in [4.69, 9.17) is 9.84 Å². The van der Waals surface area contributed by atoms with E-state index < -0.39 is 16.0 Å². The zero-order valence-electron chi connectivity index (χ0n) is 11.8. The zero-order valence-corrected chi connectivity index (χ0v) is 13.4. The van der Waals surface area contributed by atoms with Gasteiger partial charge in [0.25, 0.3) is 0 Å². The minimum atomic E-state index is -3.52. The smallest absolute Gasteiger partial charge is 0.339 e. The lowest BCUT2D eigenvalue weighted by Crippen LogP contribution is -2.18. The summed E-state index contributed by atoms with van der Waals surface area (Å²) in [5.74, 6) is -1.08. The molecule has 0 unspecified atom stereocenters. The molecule has 0 aliphatic carbocycles. The minimum absolute atomic E-state index is 0.0240. The van der Waals surface area contributed by atoms with E-state index in [0.717, 1.165) is 4.88 Å². The lowest BCUT2D eigenvalue weighted by molar-refractivity contribution is 0.0693. The number of rotatable bonds is 7. The maximum atomic E-state index is 12.0. The van der Waals surface area contributed by atoms with E-state index in [1.54, 1.807) is 0 Å². The van der Waals surface area contributed by atoms with Gasteiger partial charge in [-0.1, -0.05) is 6.07 Å². The Balaban J connectivity index is 2.10. The molecule has 2 rings (SSSR count). The van der Waals surface area contributed by atoms with E-state index in [2.05, 4.69) is 4.72 Å². The Morgan fingerprint density at radius 1 is 1.36 bits per heavy atom. The van der Waals surface area contributed by atoms with Crippen molar-refractivity contribution in [3.63, 3.8) is 0 Å². The summed E-state index contributed by atoms with van der Waals surface area (Å²) in [5.41, 5.74) is 0.247. The quantitative estimate of drug-likeness (QED) is 0.807. The van der Waals surface area contributed by atoms with Crippen molar-refractivity contribution in [2.75, 3.05) is 17.6 Å². The number of nitrogens with one attached hydrogen (secondary N) is 1. The number of anilines is 1. The second-order valence-electron chi connectivity index (χ2n) is 4.47. The summed E-state index contributed by atoms with van der Waals surface area (Å²) in [5, 5.41) is 10.9. The zero-order chi connectivity index (χ0) is 16.2. The van der Waals surface area contributed by atoms with Crippen LogP contribution in [0.15, 0.2) is 35.7 Å². The largest absolute Gasteiger partial charge is 0.496 e. The molecule has 2 aromatic rings. The predicted molar refractivity (Wildman–Crippen MR) is 85.4 cm³/mol. The van der Waals surface area contributed by atoms with Gasteiger partial charge in [-0.2, -0.15) is 0 Å². The van der Waals surface area contributed by atoms with E-state index >= 15 is 0 Å². The molecule has 0 spiro atoms. The third-order valence-electron chi connectivity index (χ3n) is 2.90. The highest BCUT2D eigenvalue weighted by atomic mass is 32.2. The van der Waals surface area contributed by atoms with Crippen molar-refractivity contribution in [3.8, 4) is 5.75 Å². The predicted octanol–water partition coefficient (Wildman–Crippen LogP) is 2.44. The Hall–Kier alpha value is -2.06. The van der Waals surface area contributed by atoms with Crippen molar-refractivity contribution in [2.24, 2.45) is 0 Å². The number of hydrogen-bond donors (Lipinski definition) is 2. The van der Waals surface area contributed by atoms with E-state index in [1.807, 2.05) is 17.5 Å². The molecule has 0 aliphatic heterocycles. The molecule has 0 atom stereocenters. The van der Waals surface area contributed by atoms with E-state index in [-0.39, 0.29) is 22.8 Å². The van der Waals surface area contributed by atoms with Crippen LogP contribution in [0.25, 0.3) is 0 Å². The van der Waals surface area contributed by atoms with Crippen LogP contribution in [0, 0.1) is 0 Å². The van der Waals surface area contributed by atoms with Crippen molar-refractivity contribution in [1.82, 2.24) is 0 Å². The van der Waals surface area contributed by atoms with Gasteiger partial charge in [-0.15, -0.1) is 11.3 Å². The summed E-state index contributed by atoms with van der Waals surface area (Å²) in [6.07, 6.45) is 0.428. The number of thiophene rings is 1. The number of ether oxygens (including phenoxy) is 1. The molecule has 22 heavy (non-hydrogen) atoms. The molecular weight excluding hydrogens is 326 g/mol. The molecule has 0 saturated carbocycles. The Labute approximate surface area is 132 Å². The average molecular weight is 341 g/mol. The van der Waals surface area contributed by atoms with Crippen LogP contribution in [0.4, 0.5) is 5.69 Å². The lowest BCUT2D eigenvalue weighted by atomic mass is 10.2. The fraction of sp³-hybridized carbons (Fsp3) is 0.214. The third-order valence-corrected chi connectivity index (χ3v) is 5.13. The molecule has 0 saturated heterocycles. The van der Waals surface area contributed by atoms with Crippen LogP contribution in [0.5, 0.6) is 5.75 Å². The Bertz CT molecular complexity index is 754. The molecule has 118 valence electrons. The van der Waals surface area contributed by atoms with Gasteiger partial charge in [0.1, 0.15) is 11.3 Å². The molecule has 1 heterocycles. The third kappa shape index (κ3) is 4.22. The van der Waals surface area contributed by atoms with E-state index in [0.29, 0.717) is 6.42 Å². The summed E-state index contributed by atoms with van der Waals surface area (Å²) in [7, 11) is -2.18. The average Bonchev–Trinajstić information content (AvgIpc) is 2.97. The number of hydrogen-bond acceptors (Lipinski definition) is 5. The van der Waals surface area contributed by atoms with Crippen molar-refractivity contribution >= 4 is 33.0 Å². The highest BCUT2D eigenvalue weighted by molar-refractivity contribution is 7.92. The van der Waals surface area contributed by atoms with Gasteiger partial charge in [0, 0.05) is 10.9 Å². The Kier molecular flexibility index (Phi) is 5.04. The molecule has 0 bridgehead atoms. The molecule has 6 nitrogen and oxygen atoms in total. The van der Waals surface area contributed by atoms with Crippen LogP contribution in [-0.2, 0) is 16.4 Å². The molecule has 8 heteroatoms. The molecule has 2 N–H and O–H groups in total. The molecule has 1 aromatic carbocycles. The van der Waals surface area contributed by atoms with Gasteiger partial charge in [0.05, 0.1) is 18.6 Å². The summed E-state index contributed by atoms with van der Waals surface area (Å²) in [4.78, 5) is 12.0. The minimum Gasteiger partial charge on any atom is -0.496 e.